The third-order valence-corrected chi connectivity index (χ3v) is 4.66. The number of aromatic nitrogens is 3. The zero-order valence-electron chi connectivity index (χ0n) is 12.2. The Kier molecular flexibility index (Phi) is 4.97. The van der Waals surface area contributed by atoms with Gasteiger partial charge in [-0.1, -0.05) is 33.8 Å². The minimum Gasteiger partial charge on any atom is -0.462 e. The van der Waals surface area contributed by atoms with Crippen molar-refractivity contribution >= 4 is 39.8 Å². The number of furan rings is 1. The molecule has 0 fully saturated rings. The van der Waals surface area contributed by atoms with Gasteiger partial charge < -0.3 is 4.42 Å². The van der Waals surface area contributed by atoms with Gasteiger partial charge in [0.2, 0.25) is 5.16 Å². The van der Waals surface area contributed by atoms with Crippen LogP contribution in [0.2, 0.25) is 0 Å². The molecule has 0 aliphatic carbocycles. The molecule has 23 heavy (non-hydrogen) atoms. The first-order valence-electron chi connectivity index (χ1n) is 6.84. The maximum Gasteiger partial charge on any atom is 0.209 e. The number of thioether (sulfide) groups is 1. The summed E-state index contributed by atoms with van der Waals surface area (Å²) in [4.78, 5) is 4.37. The Morgan fingerprint density at radius 3 is 2.91 bits per heavy atom. The number of nitrogens with one attached hydrogen (secondary N) is 1. The number of benzene rings is 1. The van der Waals surface area contributed by atoms with E-state index in [0.717, 1.165) is 21.6 Å². The lowest BCUT2D eigenvalue weighted by molar-refractivity contribution is 0.525. The molecule has 2 heterocycles. The Morgan fingerprint density at radius 2 is 2.17 bits per heavy atom. The zero-order valence-corrected chi connectivity index (χ0v) is 14.6. The molecule has 0 aliphatic rings. The van der Waals surface area contributed by atoms with E-state index < -0.39 is 0 Å². The highest BCUT2D eigenvalue weighted by molar-refractivity contribution is 9.10. The number of H-pyrrole nitrogens is 1. The Balaban J connectivity index is 1.62. The average Bonchev–Trinajstić information content (AvgIpc) is 3.13. The molecule has 0 saturated heterocycles. The van der Waals surface area contributed by atoms with Crippen LogP contribution in [0.4, 0.5) is 4.39 Å². The van der Waals surface area contributed by atoms with E-state index in [1.165, 1.54) is 23.9 Å². The SMILES string of the molecule is Cc1ccc(/C=C/c2nc(SCc3ccc(F)cc3Br)n[nH]2)o1. The molecule has 0 aliphatic heterocycles. The highest BCUT2D eigenvalue weighted by Gasteiger charge is 2.06. The fraction of sp³-hybridized carbons (Fsp3) is 0.125. The lowest BCUT2D eigenvalue weighted by Crippen LogP contribution is -1.85. The van der Waals surface area contributed by atoms with Gasteiger partial charge in [-0.3, -0.25) is 5.10 Å². The number of hydrogen-bond donors (Lipinski definition) is 1. The van der Waals surface area contributed by atoms with Crippen LogP contribution in [-0.2, 0) is 5.75 Å². The van der Waals surface area contributed by atoms with Crippen LogP contribution in [0.25, 0.3) is 12.2 Å². The quantitative estimate of drug-likeness (QED) is 0.614. The Labute approximate surface area is 145 Å². The van der Waals surface area contributed by atoms with E-state index in [1.807, 2.05) is 31.2 Å². The number of halogens is 2. The lowest BCUT2D eigenvalue weighted by Gasteiger charge is -2.01. The smallest absolute Gasteiger partial charge is 0.209 e. The highest BCUT2D eigenvalue weighted by atomic mass is 79.9. The van der Waals surface area contributed by atoms with Crippen molar-refractivity contribution < 1.29 is 8.81 Å². The summed E-state index contributed by atoms with van der Waals surface area (Å²) < 4.78 is 19.3. The van der Waals surface area contributed by atoms with Gasteiger partial charge in [0.15, 0.2) is 0 Å². The van der Waals surface area contributed by atoms with Crippen LogP contribution in [-0.4, -0.2) is 15.2 Å². The second kappa shape index (κ2) is 7.14. The van der Waals surface area contributed by atoms with Crippen molar-refractivity contribution in [1.29, 1.82) is 0 Å². The first kappa shape index (κ1) is 16.0. The third kappa shape index (κ3) is 4.33. The third-order valence-electron chi connectivity index (χ3n) is 3.02. The van der Waals surface area contributed by atoms with Gasteiger partial charge in [0.25, 0.3) is 0 Å². The maximum atomic E-state index is 13.1. The molecule has 7 heteroatoms. The molecule has 3 aromatic rings. The second-order valence-corrected chi connectivity index (χ2v) is 6.61. The van der Waals surface area contributed by atoms with Crippen LogP contribution >= 0.6 is 27.7 Å². The van der Waals surface area contributed by atoms with E-state index in [2.05, 4.69) is 31.1 Å². The maximum absolute atomic E-state index is 13.1. The van der Waals surface area contributed by atoms with Gasteiger partial charge in [-0.25, -0.2) is 9.37 Å². The van der Waals surface area contributed by atoms with Crippen molar-refractivity contribution in [2.45, 2.75) is 17.8 Å². The number of nitrogens with zero attached hydrogens (tertiary/aromatic N) is 2. The Hall–Kier alpha value is -1.86. The normalized spacial score (nSPS) is 11.4. The topological polar surface area (TPSA) is 54.7 Å². The van der Waals surface area contributed by atoms with Crippen molar-refractivity contribution in [3.8, 4) is 0 Å². The van der Waals surface area contributed by atoms with E-state index in [4.69, 9.17) is 4.42 Å². The molecule has 0 bridgehead atoms. The summed E-state index contributed by atoms with van der Waals surface area (Å²) in [5.41, 5.74) is 0.990. The summed E-state index contributed by atoms with van der Waals surface area (Å²) >= 11 is 4.83. The molecule has 0 unspecified atom stereocenters. The van der Waals surface area contributed by atoms with Crippen LogP contribution < -0.4 is 0 Å². The molecule has 0 atom stereocenters. The Bertz CT molecular complexity index is 843. The molecule has 118 valence electrons. The number of rotatable bonds is 5. The molecule has 1 aromatic carbocycles. The van der Waals surface area contributed by atoms with Crippen LogP contribution in [0, 0.1) is 12.7 Å². The summed E-state index contributed by atoms with van der Waals surface area (Å²) in [6.45, 7) is 1.90. The largest absolute Gasteiger partial charge is 0.462 e. The average molecular weight is 394 g/mol. The fourth-order valence-corrected chi connectivity index (χ4v) is 3.37. The molecule has 0 radical (unpaired) electrons. The summed E-state index contributed by atoms with van der Waals surface area (Å²) in [5.74, 6) is 2.68. The molecular weight excluding hydrogens is 381 g/mol. The van der Waals surface area contributed by atoms with Crippen LogP contribution in [0.5, 0.6) is 0 Å². The molecule has 0 spiro atoms. The van der Waals surface area contributed by atoms with Crippen LogP contribution in [0.15, 0.2) is 44.4 Å². The van der Waals surface area contributed by atoms with Crippen LogP contribution in [0.1, 0.15) is 22.9 Å². The predicted octanol–water partition coefficient (Wildman–Crippen LogP) is 5.07. The molecule has 4 nitrogen and oxygen atoms in total. The summed E-state index contributed by atoms with van der Waals surface area (Å²) in [7, 11) is 0. The highest BCUT2D eigenvalue weighted by Crippen LogP contribution is 2.25. The van der Waals surface area contributed by atoms with Gasteiger partial charge in [-0.15, -0.1) is 5.10 Å². The molecule has 1 N–H and O–H groups in total. The minimum atomic E-state index is -0.260. The van der Waals surface area contributed by atoms with Crippen LogP contribution in [0.3, 0.4) is 0 Å². The fourth-order valence-electron chi connectivity index (χ4n) is 1.88. The summed E-state index contributed by atoms with van der Waals surface area (Å²) in [6, 6.07) is 8.44. The molecule has 3 rings (SSSR count). The molecular formula is C16H13BrFN3OS. The summed E-state index contributed by atoms with van der Waals surface area (Å²) in [5, 5.41) is 7.65. The number of aromatic amines is 1. The van der Waals surface area contributed by atoms with Crippen molar-refractivity contribution in [3.63, 3.8) is 0 Å². The first-order chi connectivity index (χ1) is 11.1. The summed E-state index contributed by atoms with van der Waals surface area (Å²) in [6.07, 6.45) is 3.64. The first-order valence-corrected chi connectivity index (χ1v) is 8.61. The second-order valence-electron chi connectivity index (χ2n) is 4.81. The van der Waals surface area contributed by atoms with Gasteiger partial charge in [-0.2, -0.15) is 0 Å². The molecule has 0 amide bonds. The van der Waals surface area contributed by atoms with Gasteiger partial charge in [0.1, 0.15) is 23.2 Å². The zero-order chi connectivity index (χ0) is 16.2. The van der Waals surface area contributed by atoms with E-state index >= 15 is 0 Å². The molecule has 0 saturated carbocycles. The minimum absolute atomic E-state index is 0.260. The van der Waals surface area contributed by atoms with Gasteiger partial charge in [0.05, 0.1) is 0 Å². The van der Waals surface area contributed by atoms with E-state index in [9.17, 15) is 4.39 Å². The Morgan fingerprint density at radius 1 is 1.30 bits per heavy atom. The van der Waals surface area contributed by atoms with Gasteiger partial charge >= 0.3 is 0 Å². The van der Waals surface area contributed by atoms with E-state index in [1.54, 1.807) is 6.07 Å². The standard InChI is InChI=1S/C16H13BrFN3OS/c1-10-2-5-13(22-10)6-7-15-19-16(21-20-15)23-9-11-3-4-12(18)8-14(11)17/h2-8H,9H2,1H3,(H,19,20,21)/b7-6+. The van der Waals surface area contributed by atoms with Crippen molar-refractivity contribution in [1.82, 2.24) is 15.2 Å². The predicted molar refractivity (Wildman–Crippen MR) is 92.4 cm³/mol. The lowest BCUT2D eigenvalue weighted by atomic mass is 10.2. The van der Waals surface area contributed by atoms with Crippen molar-refractivity contribution in [2.75, 3.05) is 0 Å². The van der Waals surface area contributed by atoms with Gasteiger partial charge in [0, 0.05) is 10.2 Å². The number of hydrogen-bond acceptors (Lipinski definition) is 4. The van der Waals surface area contributed by atoms with E-state index in [0.29, 0.717) is 16.7 Å². The van der Waals surface area contributed by atoms with Crippen molar-refractivity contribution in [2.24, 2.45) is 0 Å². The number of aryl methyl sites for hydroxylation is 1. The monoisotopic (exact) mass is 393 g/mol. The van der Waals surface area contributed by atoms with E-state index in [-0.39, 0.29) is 5.82 Å². The van der Waals surface area contributed by atoms with Crippen molar-refractivity contribution in [3.05, 3.63) is 63.5 Å². The van der Waals surface area contributed by atoms with Gasteiger partial charge in [-0.05, 0) is 48.9 Å². The molecule has 2 aromatic heterocycles.